The molecule has 0 unspecified atom stereocenters. The van der Waals surface area contributed by atoms with E-state index >= 15 is 0 Å². The van der Waals surface area contributed by atoms with E-state index in [1.807, 2.05) is 6.07 Å². The summed E-state index contributed by atoms with van der Waals surface area (Å²) in [6.45, 7) is 5.31. The summed E-state index contributed by atoms with van der Waals surface area (Å²) in [5, 5.41) is 0. The standard InChI is InChI=1S/C18H22N2/c1-14-11-15(8-9-18(14)19)12-20-10-4-7-16-5-2-3-6-17(16)13-20/h2-3,5-6,8-9,11H,4,7,10,12-13,19H2,1H3. The van der Waals surface area contributed by atoms with Crippen LogP contribution < -0.4 is 5.73 Å². The summed E-state index contributed by atoms with van der Waals surface area (Å²) in [7, 11) is 0. The molecule has 0 amide bonds. The number of anilines is 1. The van der Waals surface area contributed by atoms with Gasteiger partial charge >= 0.3 is 0 Å². The number of fused-ring (bicyclic) bond motifs is 1. The van der Waals surface area contributed by atoms with E-state index in [-0.39, 0.29) is 0 Å². The van der Waals surface area contributed by atoms with Gasteiger partial charge in [0.05, 0.1) is 0 Å². The van der Waals surface area contributed by atoms with Gasteiger partial charge in [0.1, 0.15) is 0 Å². The Morgan fingerprint density at radius 1 is 1.10 bits per heavy atom. The molecule has 2 aromatic rings. The lowest BCUT2D eigenvalue weighted by Gasteiger charge is -2.21. The predicted octanol–water partition coefficient (Wildman–Crippen LogP) is 3.53. The monoisotopic (exact) mass is 266 g/mol. The van der Waals surface area contributed by atoms with E-state index in [1.54, 1.807) is 0 Å². The third-order valence-electron chi connectivity index (χ3n) is 4.17. The molecule has 1 aliphatic rings. The lowest BCUT2D eigenvalue weighted by atomic mass is 10.0. The molecule has 0 aliphatic carbocycles. The van der Waals surface area contributed by atoms with Crippen molar-refractivity contribution in [3.63, 3.8) is 0 Å². The van der Waals surface area contributed by atoms with Crippen LogP contribution in [0.25, 0.3) is 0 Å². The van der Waals surface area contributed by atoms with Crippen molar-refractivity contribution in [3.05, 3.63) is 64.7 Å². The van der Waals surface area contributed by atoms with Gasteiger partial charge in [-0.25, -0.2) is 0 Å². The van der Waals surface area contributed by atoms with E-state index in [2.05, 4.69) is 48.2 Å². The highest BCUT2D eigenvalue weighted by atomic mass is 15.1. The van der Waals surface area contributed by atoms with E-state index in [4.69, 9.17) is 5.73 Å². The summed E-state index contributed by atoms with van der Waals surface area (Å²) in [6.07, 6.45) is 2.44. The maximum atomic E-state index is 5.90. The zero-order valence-electron chi connectivity index (χ0n) is 12.1. The molecule has 0 radical (unpaired) electrons. The SMILES string of the molecule is Cc1cc(CN2CCCc3ccccc3C2)ccc1N. The second-order valence-corrected chi connectivity index (χ2v) is 5.77. The molecule has 1 heterocycles. The number of benzene rings is 2. The highest BCUT2D eigenvalue weighted by Crippen LogP contribution is 2.21. The van der Waals surface area contributed by atoms with Crippen LogP contribution in [0, 0.1) is 6.92 Å². The molecule has 0 spiro atoms. The van der Waals surface area contributed by atoms with Gasteiger partial charge in [0, 0.05) is 18.8 Å². The third-order valence-corrected chi connectivity index (χ3v) is 4.17. The van der Waals surface area contributed by atoms with Crippen molar-refractivity contribution < 1.29 is 0 Å². The molecule has 20 heavy (non-hydrogen) atoms. The molecule has 0 saturated carbocycles. The fraction of sp³-hybridized carbons (Fsp3) is 0.333. The number of nitrogens with two attached hydrogens (primary N) is 1. The molecule has 3 rings (SSSR count). The fourth-order valence-electron chi connectivity index (χ4n) is 3.00. The Balaban J connectivity index is 1.76. The van der Waals surface area contributed by atoms with E-state index < -0.39 is 0 Å². The van der Waals surface area contributed by atoms with Crippen LogP contribution in [0.15, 0.2) is 42.5 Å². The molecular formula is C18H22N2. The normalized spacial score (nSPS) is 15.7. The molecule has 0 saturated heterocycles. The highest BCUT2D eigenvalue weighted by Gasteiger charge is 2.14. The second-order valence-electron chi connectivity index (χ2n) is 5.77. The molecule has 0 aromatic heterocycles. The van der Waals surface area contributed by atoms with Crippen LogP contribution in [0.5, 0.6) is 0 Å². The van der Waals surface area contributed by atoms with Gasteiger partial charge in [0.2, 0.25) is 0 Å². The second kappa shape index (κ2) is 5.68. The molecule has 1 aliphatic heterocycles. The zero-order chi connectivity index (χ0) is 13.9. The number of rotatable bonds is 2. The average molecular weight is 266 g/mol. The van der Waals surface area contributed by atoms with Gasteiger partial charge in [0.15, 0.2) is 0 Å². The van der Waals surface area contributed by atoms with Gasteiger partial charge in [0.25, 0.3) is 0 Å². The topological polar surface area (TPSA) is 29.3 Å². The van der Waals surface area contributed by atoms with E-state index in [0.29, 0.717) is 0 Å². The molecular weight excluding hydrogens is 244 g/mol. The molecule has 2 heteroatoms. The maximum absolute atomic E-state index is 5.90. The van der Waals surface area contributed by atoms with Crippen LogP contribution in [-0.2, 0) is 19.5 Å². The van der Waals surface area contributed by atoms with Crippen LogP contribution in [0.3, 0.4) is 0 Å². The fourth-order valence-corrected chi connectivity index (χ4v) is 3.00. The Morgan fingerprint density at radius 2 is 1.90 bits per heavy atom. The maximum Gasteiger partial charge on any atom is 0.0343 e. The minimum Gasteiger partial charge on any atom is -0.399 e. The Hall–Kier alpha value is -1.80. The largest absolute Gasteiger partial charge is 0.399 e. The van der Waals surface area contributed by atoms with Crippen molar-refractivity contribution in [3.8, 4) is 0 Å². The predicted molar refractivity (Wildman–Crippen MR) is 84.5 cm³/mol. The van der Waals surface area contributed by atoms with Crippen LogP contribution in [-0.4, -0.2) is 11.4 Å². The molecule has 2 nitrogen and oxygen atoms in total. The van der Waals surface area contributed by atoms with Crippen LogP contribution in [0.2, 0.25) is 0 Å². The first-order valence-corrected chi connectivity index (χ1v) is 7.36. The average Bonchev–Trinajstić information content (AvgIpc) is 2.64. The van der Waals surface area contributed by atoms with Gasteiger partial charge in [-0.1, -0.05) is 36.4 Å². The Bertz CT molecular complexity index is 604. The highest BCUT2D eigenvalue weighted by molar-refractivity contribution is 5.47. The number of hydrogen-bond acceptors (Lipinski definition) is 2. The lowest BCUT2D eigenvalue weighted by Crippen LogP contribution is -2.22. The van der Waals surface area contributed by atoms with Gasteiger partial charge < -0.3 is 5.73 Å². The van der Waals surface area contributed by atoms with Gasteiger partial charge in [-0.3, -0.25) is 4.90 Å². The summed E-state index contributed by atoms with van der Waals surface area (Å²) < 4.78 is 0. The zero-order valence-corrected chi connectivity index (χ0v) is 12.1. The first-order chi connectivity index (χ1) is 9.72. The third kappa shape index (κ3) is 2.86. The molecule has 2 N–H and O–H groups in total. The van der Waals surface area contributed by atoms with Crippen LogP contribution in [0.1, 0.15) is 28.7 Å². The van der Waals surface area contributed by atoms with Crippen molar-refractivity contribution in [2.45, 2.75) is 32.9 Å². The number of hydrogen-bond donors (Lipinski definition) is 1. The molecule has 0 fully saturated rings. The minimum absolute atomic E-state index is 0.884. The van der Waals surface area contributed by atoms with Gasteiger partial charge in [-0.2, -0.15) is 0 Å². The Labute approximate surface area is 121 Å². The van der Waals surface area contributed by atoms with Crippen molar-refractivity contribution in [1.82, 2.24) is 4.90 Å². The van der Waals surface area contributed by atoms with Crippen LogP contribution in [0.4, 0.5) is 5.69 Å². The molecule has 0 atom stereocenters. The molecule has 0 bridgehead atoms. The summed E-state index contributed by atoms with van der Waals surface area (Å²) in [5.41, 5.74) is 12.3. The minimum atomic E-state index is 0.884. The molecule has 2 aromatic carbocycles. The Morgan fingerprint density at radius 3 is 2.70 bits per heavy atom. The van der Waals surface area contributed by atoms with Gasteiger partial charge in [-0.15, -0.1) is 0 Å². The first-order valence-electron chi connectivity index (χ1n) is 7.36. The Kier molecular flexibility index (Phi) is 3.75. The first kappa shape index (κ1) is 13.2. The van der Waals surface area contributed by atoms with E-state index in [1.165, 1.54) is 35.1 Å². The van der Waals surface area contributed by atoms with Crippen molar-refractivity contribution in [2.75, 3.05) is 12.3 Å². The van der Waals surface area contributed by atoms with Gasteiger partial charge in [-0.05, 0) is 54.6 Å². The lowest BCUT2D eigenvalue weighted by molar-refractivity contribution is 0.261. The number of aryl methyl sites for hydroxylation is 2. The van der Waals surface area contributed by atoms with Crippen molar-refractivity contribution in [1.29, 1.82) is 0 Å². The summed E-state index contributed by atoms with van der Waals surface area (Å²) in [6, 6.07) is 15.2. The van der Waals surface area contributed by atoms with E-state index in [0.717, 1.165) is 25.3 Å². The summed E-state index contributed by atoms with van der Waals surface area (Å²) in [5.74, 6) is 0. The number of nitrogen functional groups attached to an aromatic ring is 1. The smallest absolute Gasteiger partial charge is 0.0343 e. The summed E-state index contributed by atoms with van der Waals surface area (Å²) >= 11 is 0. The number of nitrogens with zero attached hydrogens (tertiary/aromatic N) is 1. The quantitative estimate of drug-likeness (QED) is 0.843. The van der Waals surface area contributed by atoms with Crippen molar-refractivity contribution in [2.24, 2.45) is 0 Å². The summed E-state index contributed by atoms with van der Waals surface area (Å²) in [4.78, 5) is 2.54. The van der Waals surface area contributed by atoms with Crippen LogP contribution >= 0.6 is 0 Å². The molecule has 104 valence electrons. The van der Waals surface area contributed by atoms with Crippen molar-refractivity contribution >= 4 is 5.69 Å². The van der Waals surface area contributed by atoms with E-state index in [9.17, 15) is 0 Å².